The number of piperidine rings is 1. The van der Waals surface area contributed by atoms with Crippen molar-refractivity contribution in [1.29, 1.82) is 0 Å². The maximum atomic E-state index is 13.2. The third-order valence-corrected chi connectivity index (χ3v) is 5.65. The number of rotatable bonds is 4. The lowest BCUT2D eigenvalue weighted by Crippen LogP contribution is -2.49. The van der Waals surface area contributed by atoms with Crippen LogP contribution in [0.15, 0.2) is 48.5 Å². The Kier molecular flexibility index (Phi) is 4.68. The number of hydrogen-bond donors (Lipinski definition) is 1. The summed E-state index contributed by atoms with van der Waals surface area (Å²) in [6.07, 6.45) is 3.50. The van der Waals surface area contributed by atoms with Gasteiger partial charge in [0.05, 0.1) is 18.8 Å². The average molecular weight is 351 g/mol. The first-order valence-electron chi connectivity index (χ1n) is 9.40. The highest BCUT2D eigenvalue weighted by Gasteiger charge is 2.38. The number of aliphatic hydroxyl groups is 1. The van der Waals surface area contributed by atoms with Crippen molar-refractivity contribution in [2.24, 2.45) is 5.41 Å². The number of aliphatic hydroxyl groups excluding tert-OH is 1. The Morgan fingerprint density at radius 3 is 2.81 bits per heavy atom. The van der Waals surface area contributed by atoms with Gasteiger partial charge in [0, 0.05) is 24.9 Å². The van der Waals surface area contributed by atoms with E-state index in [9.17, 15) is 9.90 Å². The molecule has 2 aromatic carbocycles. The molecule has 1 N–H and O–H groups in total. The summed E-state index contributed by atoms with van der Waals surface area (Å²) in [6.45, 7) is 2.06. The van der Waals surface area contributed by atoms with Gasteiger partial charge in [-0.2, -0.15) is 0 Å². The van der Waals surface area contributed by atoms with E-state index in [-0.39, 0.29) is 17.9 Å². The van der Waals surface area contributed by atoms with Crippen LogP contribution in [0.1, 0.15) is 34.3 Å². The van der Waals surface area contributed by atoms with Crippen LogP contribution in [0.3, 0.4) is 0 Å². The molecule has 0 aliphatic carbocycles. The summed E-state index contributed by atoms with van der Waals surface area (Å²) in [5.41, 5.74) is 2.72. The third kappa shape index (κ3) is 3.21. The van der Waals surface area contributed by atoms with Crippen molar-refractivity contribution in [2.75, 3.05) is 26.3 Å². The molecule has 0 spiro atoms. The summed E-state index contributed by atoms with van der Waals surface area (Å²) < 4.78 is 5.72. The van der Waals surface area contributed by atoms with Gasteiger partial charge < -0.3 is 14.7 Å². The van der Waals surface area contributed by atoms with Crippen molar-refractivity contribution >= 4 is 5.91 Å². The lowest BCUT2D eigenvalue weighted by atomic mass is 9.75. The second kappa shape index (κ2) is 7.12. The zero-order valence-corrected chi connectivity index (χ0v) is 15.0. The van der Waals surface area contributed by atoms with Crippen LogP contribution in [0, 0.1) is 5.41 Å². The van der Waals surface area contributed by atoms with Gasteiger partial charge in [-0.3, -0.25) is 4.79 Å². The number of carbonyl (C=O) groups excluding carboxylic acids is 1. The molecule has 1 saturated heterocycles. The first-order chi connectivity index (χ1) is 12.7. The van der Waals surface area contributed by atoms with Crippen LogP contribution >= 0.6 is 0 Å². The molecule has 2 heterocycles. The summed E-state index contributed by atoms with van der Waals surface area (Å²) in [7, 11) is 0. The van der Waals surface area contributed by atoms with Crippen LogP contribution in [0.25, 0.3) is 0 Å². The predicted octanol–water partition coefficient (Wildman–Crippen LogP) is 3.08. The molecule has 0 aromatic heterocycles. The van der Waals surface area contributed by atoms with Crippen molar-refractivity contribution < 1.29 is 14.6 Å². The molecule has 1 amide bonds. The van der Waals surface area contributed by atoms with Crippen LogP contribution in [0.4, 0.5) is 0 Å². The average Bonchev–Trinajstić information content (AvgIpc) is 3.17. The summed E-state index contributed by atoms with van der Waals surface area (Å²) >= 11 is 0. The number of ether oxygens (including phenoxy) is 1. The number of fused-ring (bicyclic) bond motifs is 1. The standard InChI is InChI=1S/C22H25NO3/c24-16-22(14-17-6-2-1-3-7-17)11-5-12-23(15-22)21(25)19-9-4-8-18-10-13-26-20(18)19/h1-4,6-9,24H,5,10-16H2/t22-/m1/s1. The van der Waals surface area contributed by atoms with E-state index >= 15 is 0 Å². The van der Waals surface area contributed by atoms with Gasteiger partial charge in [-0.1, -0.05) is 42.5 Å². The molecule has 26 heavy (non-hydrogen) atoms. The van der Waals surface area contributed by atoms with Crippen LogP contribution in [0.5, 0.6) is 5.75 Å². The van der Waals surface area contributed by atoms with Crippen molar-refractivity contribution in [3.63, 3.8) is 0 Å². The Hall–Kier alpha value is -2.33. The highest BCUT2D eigenvalue weighted by atomic mass is 16.5. The highest BCUT2D eigenvalue weighted by molar-refractivity contribution is 5.97. The minimum absolute atomic E-state index is 0.0225. The van der Waals surface area contributed by atoms with E-state index in [2.05, 4.69) is 12.1 Å². The molecule has 2 aromatic rings. The molecular weight excluding hydrogens is 326 g/mol. The number of benzene rings is 2. The topological polar surface area (TPSA) is 49.8 Å². The minimum atomic E-state index is -0.270. The smallest absolute Gasteiger partial charge is 0.257 e. The Labute approximate surface area is 154 Å². The fourth-order valence-corrected chi connectivity index (χ4v) is 4.29. The molecule has 0 saturated carbocycles. The van der Waals surface area contributed by atoms with E-state index in [0.29, 0.717) is 18.7 Å². The van der Waals surface area contributed by atoms with E-state index in [0.717, 1.165) is 43.5 Å². The molecule has 4 heteroatoms. The third-order valence-electron chi connectivity index (χ3n) is 5.65. The number of hydrogen-bond acceptors (Lipinski definition) is 3. The van der Waals surface area contributed by atoms with Gasteiger partial charge in [0.15, 0.2) is 0 Å². The van der Waals surface area contributed by atoms with E-state index in [1.165, 1.54) is 5.56 Å². The minimum Gasteiger partial charge on any atom is -0.492 e. The van der Waals surface area contributed by atoms with Crippen molar-refractivity contribution in [1.82, 2.24) is 4.90 Å². The molecule has 1 fully saturated rings. The van der Waals surface area contributed by atoms with Crippen molar-refractivity contribution in [3.05, 3.63) is 65.2 Å². The monoisotopic (exact) mass is 351 g/mol. The van der Waals surface area contributed by atoms with Crippen molar-refractivity contribution in [2.45, 2.75) is 25.7 Å². The van der Waals surface area contributed by atoms with Gasteiger partial charge >= 0.3 is 0 Å². The summed E-state index contributed by atoms with van der Waals surface area (Å²) in [5, 5.41) is 10.2. The first kappa shape index (κ1) is 17.1. The number of amides is 1. The number of nitrogens with zero attached hydrogens (tertiary/aromatic N) is 1. The first-order valence-corrected chi connectivity index (χ1v) is 9.40. The van der Waals surface area contributed by atoms with Gasteiger partial charge in [0.2, 0.25) is 0 Å². The lowest BCUT2D eigenvalue weighted by Gasteiger charge is -2.42. The maximum absolute atomic E-state index is 13.2. The second-order valence-corrected chi connectivity index (χ2v) is 7.54. The normalized spacial score (nSPS) is 22.0. The fourth-order valence-electron chi connectivity index (χ4n) is 4.29. The van der Waals surface area contributed by atoms with E-state index in [1.54, 1.807) is 0 Å². The molecule has 2 aliphatic heterocycles. The van der Waals surface area contributed by atoms with Crippen LogP contribution in [0.2, 0.25) is 0 Å². The van der Waals surface area contributed by atoms with Gasteiger partial charge in [-0.05, 0) is 36.5 Å². The molecule has 136 valence electrons. The van der Waals surface area contributed by atoms with Gasteiger partial charge in [0.25, 0.3) is 5.91 Å². The zero-order chi connectivity index (χ0) is 18.0. The Morgan fingerprint density at radius 1 is 1.15 bits per heavy atom. The van der Waals surface area contributed by atoms with Gasteiger partial charge in [0.1, 0.15) is 5.75 Å². The van der Waals surface area contributed by atoms with E-state index < -0.39 is 0 Å². The highest BCUT2D eigenvalue weighted by Crippen LogP contribution is 2.36. The van der Waals surface area contributed by atoms with Crippen molar-refractivity contribution in [3.8, 4) is 5.75 Å². The molecule has 4 rings (SSSR count). The number of likely N-dealkylation sites (tertiary alicyclic amines) is 1. The molecule has 2 aliphatic rings. The molecule has 4 nitrogen and oxygen atoms in total. The summed E-state index contributed by atoms with van der Waals surface area (Å²) in [6, 6.07) is 16.1. The maximum Gasteiger partial charge on any atom is 0.257 e. The summed E-state index contributed by atoms with van der Waals surface area (Å²) in [4.78, 5) is 15.1. The van der Waals surface area contributed by atoms with Crippen LogP contribution in [-0.4, -0.2) is 42.2 Å². The summed E-state index contributed by atoms with van der Waals surface area (Å²) in [5.74, 6) is 0.773. The molecule has 1 atom stereocenters. The Bertz CT molecular complexity index is 789. The fraction of sp³-hybridized carbons (Fsp3) is 0.409. The van der Waals surface area contributed by atoms with Crippen LogP contribution in [-0.2, 0) is 12.8 Å². The van der Waals surface area contributed by atoms with Gasteiger partial charge in [-0.25, -0.2) is 0 Å². The number of carbonyl (C=O) groups is 1. The molecule has 0 radical (unpaired) electrons. The SMILES string of the molecule is O=C(c1cccc2c1OCC2)N1CCC[C@@](CO)(Cc2ccccc2)C1. The predicted molar refractivity (Wildman–Crippen MR) is 100 cm³/mol. The Balaban J connectivity index is 1.56. The zero-order valence-electron chi connectivity index (χ0n) is 15.0. The molecular formula is C22H25NO3. The number of para-hydroxylation sites is 1. The lowest BCUT2D eigenvalue weighted by molar-refractivity contribution is 0.0270. The van der Waals surface area contributed by atoms with Crippen LogP contribution < -0.4 is 4.74 Å². The molecule has 0 bridgehead atoms. The Morgan fingerprint density at radius 2 is 2.00 bits per heavy atom. The van der Waals surface area contributed by atoms with Gasteiger partial charge in [-0.15, -0.1) is 0 Å². The van der Waals surface area contributed by atoms with E-state index in [4.69, 9.17) is 4.74 Å². The quantitative estimate of drug-likeness (QED) is 0.921. The largest absolute Gasteiger partial charge is 0.492 e. The molecule has 0 unspecified atom stereocenters. The van der Waals surface area contributed by atoms with E-state index in [1.807, 2.05) is 41.3 Å². The second-order valence-electron chi connectivity index (χ2n) is 7.54.